The van der Waals surface area contributed by atoms with Crippen LogP contribution in [-0.2, 0) is 22.3 Å². The van der Waals surface area contributed by atoms with Crippen molar-refractivity contribution >= 4 is 23.4 Å². The van der Waals surface area contributed by atoms with Crippen molar-refractivity contribution in [1.29, 1.82) is 0 Å². The fraction of sp³-hybridized carbons (Fsp3) is 0.500. The molecule has 0 N–H and O–H groups in total. The van der Waals surface area contributed by atoms with Crippen LogP contribution in [0.3, 0.4) is 0 Å². The average molecular weight is 419 g/mol. The molecule has 0 aliphatic heterocycles. The average Bonchev–Trinajstić information content (AvgIpc) is 3.13. The van der Waals surface area contributed by atoms with Crippen molar-refractivity contribution in [2.75, 3.05) is 19.7 Å². The van der Waals surface area contributed by atoms with Crippen LogP contribution in [0.4, 0.5) is 4.79 Å². The number of aryl methyl sites for hydroxylation is 1. The Bertz CT molecular complexity index is 784. The monoisotopic (exact) mass is 418 g/mol. The van der Waals surface area contributed by atoms with E-state index in [0.717, 1.165) is 17.8 Å². The van der Waals surface area contributed by atoms with E-state index in [1.165, 1.54) is 16.9 Å². The van der Waals surface area contributed by atoms with Crippen LogP contribution in [0.25, 0.3) is 0 Å². The van der Waals surface area contributed by atoms with Crippen molar-refractivity contribution in [1.82, 2.24) is 9.88 Å². The highest BCUT2D eigenvalue weighted by Gasteiger charge is 2.22. The number of amides is 1. The molecule has 0 aliphatic rings. The molecule has 2 aromatic rings. The molecule has 0 saturated heterocycles. The lowest BCUT2D eigenvalue weighted by atomic mass is 10.1. The molecule has 0 saturated carbocycles. The number of thiazole rings is 1. The molecule has 29 heavy (non-hydrogen) atoms. The third kappa shape index (κ3) is 8.23. The van der Waals surface area contributed by atoms with E-state index in [1.54, 1.807) is 17.2 Å². The minimum absolute atomic E-state index is 0.319. The van der Waals surface area contributed by atoms with E-state index < -0.39 is 11.6 Å². The summed E-state index contributed by atoms with van der Waals surface area (Å²) >= 11 is 1.40. The maximum absolute atomic E-state index is 12.6. The lowest BCUT2D eigenvalue weighted by molar-refractivity contribution is 0.0249. The van der Waals surface area contributed by atoms with Crippen molar-refractivity contribution in [3.05, 3.63) is 52.0 Å². The van der Waals surface area contributed by atoms with Crippen LogP contribution in [-0.4, -0.2) is 47.2 Å². The van der Waals surface area contributed by atoms with Crippen LogP contribution in [0.2, 0.25) is 0 Å². The summed E-state index contributed by atoms with van der Waals surface area (Å²) in [6, 6.07) is 10.2. The Morgan fingerprint density at radius 2 is 1.83 bits per heavy atom. The number of carbonyl (C=O) groups is 2. The second kappa shape index (κ2) is 11.0. The number of nitrogens with zero attached hydrogens (tertiary/aromatic N) is 2. The summed E-state index contributed by atoms with van der Waals surface area (Å²) in [4.78, 5) is 30.5. The first kappa shape index (κ1) is 22.9. The normalized spacial score (nSPS) is 11.2. The van der Waals surface area contributed by atoms with Crippen molar-refractivity contribution in [2.24, 2.45) is 0 Å². The first-order chi connectivity index (χ1) is 13.8. The van der Waals surface area contributed by atoms with Gasteiger partial charge in [0, 0.05) is 24.9 Å². The van der Waals surface area contributed by atoms with E-state index in [-0.39, 0.29) is 6.09 Å². The Kier molecular flexibility index (Phi) is 8.64. The van der Waals surface area contributed by atoms with Crippen LogP contribution in [0, 0.1) is 0 Å². The minimum atomic E-state index is -0.549. The number of benzene rings is 1. The molecule has 1 heterocycles. The molecule has 0 atom stereocenters. The molecule has 0 fully saturated rings. The highest BCUT2D eigenvalue weighted by molar-refractivity contribution is 7.09. The quantitative estimate of drug-likeness (QED) is 0.551. The van der Waals surface area contributed by atoms with Crippen LogP contribution < -0.4 is 0 Å². The Labute approximate surface area is 176 Å². The second-order valence-corrected chi connectivity index (χ2v) is 8.60. The number of hydrogen-bond acceptors (Lipinski definition) is 6. The number of hydrogen-bond donors (Lipinski definition) is 0. The molecule has 2 rings (SSSR count). The van der Waals surface area contributed by atoms with E-state index in [1.807, 2.05) is 39.0 Å². The van der Waals surface area contributed by atoms with Gasteiger partial charge in [0.15, 0.2) is 5.69 Å². The number of carbonyl (C=O) groups excluding carboxylic acids is 2. The van der Waals surface area contributed by atoms with Crippen molar-refractivity contribution in [3.8, 4) is 0 Å². The smallest absolute Gasteiger partial charge is 0.410 e. The molecule has 0 radical (unpaired) electrons. The van der Waals surface area contributed by atoms with Crippen LogP contribution in [0.15, 0.2) is 35.7 Å². The van der Waals surface area contributed by atoms with E-state index in [4.69, 9.17) is 9.47 Å². The molecule has 1 amide bonds. The van der Waals surface area contributed by atoms with Gasteiger partial charge >= 0.3 is 12.1 Å². The number of esters is 1. The highest BCUT2D eigenvalue weighted by Crippen LogP contribution is 2.15. The molecular formula is C22H30N2O4S. The Morgan fingerprint density at radius 3 is 2.48 bits per heavy atom. The van der Waals surface area contributed by atoms with Gasteiger partial charge in [0.05, 0.1) is 11.6 Å². The molecule has 158 valence electrons. The SMILES string of the molecule is CCOC(=O)c1csc(CCN(CCCc2ccccc2)C(=O)OC(C)(C)C)n1. The molecule has 1 aromatic carbocycles. The number of rotatable bonds is 9. The maximum Gasteiger partial charge on any atom is 0.410 e. The largest absolute Gasteiger partial charge is 0.461 e. The zero-order valence-electron chi connectivity index (χ0n) is 17.6. The lowest BCUT2D eigenvalue weighted by Gasteiger charge is -2.27. The van der Waals surface area contributed by atoms with Gasteiger partial charge in [-0.15, -0.1) is 11.3 Å². The summed E-state index contributed by atoms with van der Waals surface area (Å²) in [6.45, 7) is 8.75. The minimum Gasteiger partial charge on any atom is -0.461 e. The Morgan fingerprint density at radius 1 is 1.10 bits per heavy atom. The molecule has 1 aromatic heterocycles. The van der Waals surface area contributed by atoms with E-state index >= 15 is 0 Å². The predicted octanol–water partition coefficient (Wildman–Crippen LogP) is 4.73. The lowest BCUT2D eigenvalue weighted by Crippen LogP contribution is -2.38. The van der Waals surface area contributed by atoms with Crippen molar-refractivity contribution in [3.63, 3.8) is 0 Å². The fourth-order valence-electron chi connectivity index (χ4n) is 2.69. The van der Waals surface area contributed by atoms with Crippen molar-refractivity contribution < 1.29 is 19.1 Å². The Balaban J connectivity index is 1.95. The first-order valence-corrected chi connectivity index (χ1v) is 10.8. The van der Waals surface area contributed by atoms with Gasteiger partial charge in [-0.1, -0.05) is 30.3 Å². The summed E-state index contributed by atoms with van der Waals surface area (Å²) < 4.78 is 10.5. The van der Waals surface area contributed by atoms with Gasteiger partial charge in [0.1, 0.15) is 5.60 Å². The third-order valence-corrected chi connectivity index (χ3v) is 4.93. The van der Waals surface area contributed by atoms with Crippen molar-refractivity contribution in [2.45, 2.75) is 52.6 Å². The molecule has 0 aliphatic carbocycles. The van der Waals surface area contributed by atoms with Crippen LogP contribution >= 0.6 is 11.3 Å². The van der Waals surface area contributed by atoms with Crippen LogP contribution in [0.5, 0.6) is 0 Å². The summed E-state index contributed by atoms with van der Waals surface area (Å²) in [6.07, 6.45) is 1.97. The van der Waals surface area contributed by atoms with Gasteiger partial charge in [0.25, 0.3) is 0 Å². The summed E-state index contributed by atoms with van der Waals surface area (Å²) in [5.41, 5.74) is 1.02. The van der Waals surface area contributed by atoms with Gasteiger partial charge in [-0.2, -0.15) is 0 Å². The van der Waals surface area contributed by atoms with E-state index in [9.17, 15) is 9.59 Å². The molecule has 0 unspecified atom stereocenters. The summed E-state index contributed by atoms with van der Waals surface area (Å²) in [7, 11) is 0. The topological polar surface area (TPSA) is 68.7 Å². The summed E-state index contributed by atoms with van der Waals surface area (Å²) in [5, 5.41) is 2.49. The number of aromatic nitrogens is 1. The van der Waals surface area contributed by atoms with Gasteiger partial charge in [-0.25, -0.2) is 14.6 Å². The third-order valence-electron chi connectivity index (χ3n) is 4.02. The zero-order chi connectivity index (χ0) is 21.3. The molecular weight excluding hydrogens is 388 g/mol. The van der Waals surface area contributed by atoms with E-state index in [0.29, 0.717) is 31.8 Å². The molecule has 6 nitrogen and oxygen atoms in total. The van der Waals surface area contributed by atoms with Gasteiger partial charge in [-0.3, -0.25) is 0 Å². The Hall–Kier alpha value is -2.41. The van der Waals surface area contributed by atoms with Gasteiger partial charge < -0.3 is 14.4 Å². The molecule has 0 spiro atoms. The molecule has 7 heteroatoms. The molecule has 0 bridgehead atoms. The predicted molar refractivity (Wildman–Crippen MR) is 114 cm³/mol. The standard InChI is InChI=1S/C22H30N2O4S/c1-5-27-20(25)18-16-29-19(23-18)13-15-24(21(26)28-22(2,3)4)14-9-12-17-10-7-6-8-11-17/h6-8,10-11,16H,5,9,12-15H2,1-4H3. The number of ether oxygens (including phenoxy) is 2. The fourth-order valence-corrected chi connectivity index (χ4v) is 3.45. The summed E-state index contributed by atoms with van der Waals surface area (Å²) in [5.74, 6) is -0.415. The van der Waals surface area contributed by atoms with Crippen LogP contribution in [0.1, 0.15) is 55.2 Å². The maximum atomic E-state index is 12.6. The second-order valence-electron chi connectivity index (χ2n) is 7.65. The highest BCUT2D eigenvalue weighted by atomic mass is 32.1. The van der Waals surface area contributed by atoms with Gasteiger partial charge in [-0.05, 0) is 46.1 Å². The van der Waals surface area contributed by atoms with E-state index in [2.05, 4.69) is 17.1 Å². The first-order valence-electron chi connectivity index (χ1n) is 9.92. The van der Waals surface area contributed by atoms with Gasteiger partial charge in [0.2, 0.25) is 0 Å². The zero-order valence-corrected chi connectivity index (χ0v) is 18.5.